The summed E-state index contributed by atoms with van der Waals surface area (Å²) >= 11 is 6.29. The van der Waals surface area contributed by atoms with Crippen molar-refractivity contribution in [3.05, 3.63) is 16.4 Å². The summed E-state index contributed by atoms with van der Waals surface area (Å²) < 4.78 is 1.59. The second-order valence-corrected chi connectivity index (χ2v) is 6.78. The highest BCUT2D eigenvalue weighted by Crippen LogP contribution is 2.32. The molecule has 0 aromatic carbocycles. The van der Waals surface area contributed by atoms with Crippen LogP contribution in [0.5, 0.6) is 0 Å². The molecule has 0 aliphatic carbocycles. The molecule has 3 rings (SSSR count). The normalized spacial score (nSPS) is 26.1. The van der Waals surface area contributed by atoms with E-state index in [0.29, 0.717) is 22.8 Å². The van der Waals surface area contributed by atoms with Gasteiger partial charge in [0.25, 0.3) is 5.91 Å². The summed E-state index contributed by atoms with van der Waals surface area (Å²) in [5.41, 5.74) is 1.30. The number of aryl methyl sites for hydroxylation is 2. The lowest BCUT2D eigenvalue weighted by molar-refractivity contribution is 0.0649. The highest BCUT2D eigenvalue weighted by Gasteiger charge is 2.40. The predicted molar refractivity (Wildman–Crippen MR) is 87.3 cm³/mol. The third-order valence-corrected chi connectivity index (χ3v) is 5.62. The van der Waals surface area contributed by atoms with Crippen molar-refractivity contribution in [2.75, 3.05) is 19.6 Å². The second kappa shape index (κ2) is 6.20. The average Bonchev–Trinajstić information content (AvgIpc) is 3.18. The number of amides is 1. The van der Waals surface area contributed by atoms with Gasteiger partial charge in [0.05, 0.1) is 11.3 Å². The van der Waals surface area contributed by atoms with Crippen molar-refractivity contribution < 1.29 is 4.79 Å². The van der Waals surface area contributed by atoms with Gasteiger partial charge < -0.3 is 4.90 Å². The van der Waals surface area contributed by atoms with Crippen LogP contribution >= 0.6 is 11.6 Å². The zero-order valence-electron chi connectivity index (χ0n) is 13.7. The molecule has 0 unspecified atom stereocenters. The van der Waals surface area contributed by atoms with Crippen molar-refractivity contribution in [1.82, 2.24) is 19.6 Å². The van der Waals surface area contributed by atoms with Crippen LogP contribution < -0.4 is 0 Å². The molecule has 0 radical (unpaired) electrons. The molecular formula is C16H25ClN4O. The zero-order chi connectivity index (χ0) is 15.9. The van der Waals surface area contributed by atoms with E-state index < -0.39 is 0 Å². The fourth-order valence-electron chi connectivity index (χ4n) is 4.14. The molecular weight excluding hydrogens is 300 g/mol. The van der Waals surface area contributed by atoms with Gasteiger partial charge in [-0.15, -0.1) is 0 Å². The lowest BCUT2D eigenvalue weighted by Crippen LogP contribution is -2.48. The van der Waals surface area contributed by atoms with E-state index >= 15 is 0 Å². The molecule has 1 aromatic heterocycles. The topological polar surface area (TPSA) is 41.4 Å². The number of likely N-dealkylation sites (tertiary alicyclic amines) is 2. The molecule has 6 heteroatoms. The summed E-state index contributed by atoms with van der Waals surface area (Å²) in [5.74, 6) is 0.0565. The zero-order valence-corrected chi connectivity index (χ0v) is 14.4. The van der Waals surface area contributed by atoms with Gasteiger partial charge in [-0.1, -0.05) is 18.5 Å². The Morgan fingerprint density at radius 1 is 1.27 bits per heavy atom. The van der Waals surface area contributed by atoms with Crippen LogP contribution in [0.25, 0.3) is 0 Å². The summed E-state index contributed by atoms with van der Waals surface area (Å²) in [6.07, 6.45) is 4.62. The highest BCUT2D eigenvalue weighted by molar-refractivity contribution is 6.33. The number of carbonyl (C=O) groups is 1. The highest BCUT2D eigenvalue weighted by atomic mass is 35.5. The van der Waals surface area contributed by atoms with Gasteiger partial charge in [-0.3, -0.25) is 14.4 Å². The molecule has 22 heavy (non-hydrogen) atoms. The van der Waals surface area contributed by atoms with Gasteiger partial charge in [-0.2, -0.15) is 5.10 Å². The van der Waals surface area contributed by atoms with Crippen LogP contribution in [0.15, 0.2) is 0 Å². The summed E-state index contributed by atoms with van der Waals surface area (Å²) in [5, 5.41) is 4.73. The molecule has 2 atom stereocenters. The fraction of sp³-hybridized carbons (Fsp3) is 0.750. The number of nitrogens with zero attached hydrogens (tertiary/aromatic N) is 4. The molecule has 2 aliphatic rings. The maximum atomic E-state index is 13.0. The van der Waals surface area contributed by atoms with Crippen LogP contribution in [0.2, 0.25) is 5.15 Å². The van der Waals surface area contributed by atoms with E-state index in [1.54, 1.807) is 11.7 Å². The van der Waals surface area contributed by atoms with Crippen LogP contribution in [0.4, 0.5) is 0 Å². The van der Waals surface area contributed by atoms with E-state index in [1.807, 2.05) is 6.92 Å². The van der Waals surface area contributed by atoms with Gasteiger partial charge in [0, 0.05) is 25.7 Å². The van der Waals surface area contributed by atoms with E-state index in [1.165, 1.54) is 12.8 Å². The number of aromatic nitrogens is 2. The number of likely N-dealkylation sites (N-methyl/N-ethyl adjacent to an activating group) is 1. The molecule has 2 aliphatic heterocycles. The molecule has 5 nitrogen and oxygen atoms in total. The van der Waals surface area contributed by atoms with E-state index in [0.717, 1.165) is 38.2 Å². The molecule has 2 fully saturated rings. The third-order valence-electron chi connectivity index (χ3n) is 5.19. The summed E-state index contributed by atoms with van der Waals surface area (Å²) in [7, 11) is 1.78. The van der Waals surface area contributed by atoms with Crippen molar-refractivity contribution >= 4 is 17.5 Å². The molecule has 0 bridgehead atoms. The number of rotatable bonds is 3. The van der Waals surface area contributed by atoms with Crippen molar-refractivity contribution in [2.45, 2.75) is 51.6 Å². The lowest BCUT2D eigenvalue weighted by Gasteiger charge is -2.34. The Balaban J connectivity index is 1.85. The first-order valence-electron chi connectivity index (χ1n) is 8.28. The number of carbonyl (C=O) groups excluding carboxylic acids is 1. The minimum atomic E-state index is 0.0565. The summed E-state index contributed by atoms with van der Waals surface area (Å²) in [4.78, 5) is 17.6. The van der Waals surface area contributed by atoms with Crippen molar-refractivity contribution in [2.24, 2.45) is 7.05 Å². The maximum absolute atomic E-state index is 13.0. The Labute approximate surface area is 137 Å². The largest absolute Gasteiger partial charge is 0.334 e. The summed E-state index contributed by atoms with van der Waals surface area (Å²) in [6.45, 7) is 7.13. The Morgan fingerprint density at radius 3 is 2.59 bits per heavy atom. The van der Waals surface area contributed by atoms with Crippen molar-refractivity contribution in [3.63, 3.8) is 0 Å². The molecule has 0 N–H and O–H groups in total. The van der Waals surface area contributed by atoms with Crippen LogP contribution in [0, 0.1) is 6.92 Å². The molecule has 2 saturated heterocycles. The van der Waals surface area contributed by atoms with Gasteiger partial charge >= 0.3 is 0 Å². The lowest BCUT2D eigenvalue weighted by atomic mass is 10.0. The minimum Gasteiger partial charge on any atom is -0.334 e. The van der Waals surface area contributed by atoms with Gasteiger partial charge in [0.15, 0.2) is 0 Å². The van der Waals surface area contributed by atoms with E-state index in [9.17, 15) is 4.79 Å². The van der Waals surface area contributed by atoms with Crippen LogP contribution in [0.3, 0.4) is 0 Å². The van der Waals surface area contributed by atoms with Crippen LogP contribution in [-0.2, 0) is 7.05 Å². The fourth-order valence-corrected chi connectivity index (χ4v) is 4.40. The molecule has 3 heterocycles. The van der Waals surface area contributed by atoms with Crippen LogP contribution in [0.1, 0.15) is 48.7 Å². The second-order valence-electron chi connectivity index (χ2n) is 6.42. The van der Waals surface area contributed by atoms with Crippen LogP contribution in [-0.4, -0.2) is 57.2 Å². The third kappa shape index (κ3) is 2.54. The predicted octanol–water partition coefficient (Wildman–Crippen LogP) is 2.47. The number of hydrogen-bond donors (Lipinski definition) is 0. The summed E-state index contributed by atoms with van der Waals surface area (Å²) in [6, 6.07) is 0.831. The van der Waals surface area contributed by atoms with Crippen molar-refractivity contribution in [1.29, 1.82) is 0 Å². The van der Waals surface area contributed by atoms with Gasteiger partial charge in [-0.25, -0.2) is 0 Å². The first-order chi connectivity index (χ1) is 10.5. The molecule has 0 saturated carbocycles. The van der Waals surface area contributed by atoms with E-state index in [-0.39, 0.29) is 5.91 Å². The quantitative estimate of drug-likeness (QED) is 0.857. The monoisotopic (exact) mass is 324 g/mol. The van der Waals surface area contributed by atoms with Gasteiger partial charge in [0.2, 0.25) is 0 Å². The number of hydrogen-bond acceptors (Lipinski definition) is 3. The van der Waals surface area contributed by atoms with Gasteiger partial charge in [0.1, 0.15) is 5.15 Å². The Kier molecular flexibility index (Phi) is 4.46. The Hall–Kier alpha value is -1.07. The first-order valence-corrected chi connectivity index (χ1v) is 8.66. The Bertz CT molecular complexity index is 571. The van der Waals surface area contributed by atoms with E-state index in [4.69, 9.17) is 11.6 Å². The maximum Gasteiger partial charge on any atom is 0.259 e. The molecule has 0 spiro atoms. The van der Waals surface area contributed by atoms with Gasteiger partial charge in [-0.05, 0) is 45.7 Å². The smallest absolute Gasteiger partial charge is 0.259 e. The minimum absolute atomic E-state index is 0.0565. The SMILES string of the molecule is CCN1CCC[C@@H]1[C@H]1CCCN1C(=O)c1c(C)nn(C)c1Cl. The first kappa shape index (κ1) is 15.8. The Morgan fingerprint density at radius 2 is 1.95 bits per heavy atom. The average molecular weight is 325 g/mol. The van der Waals surface area contributed by atoms with Crippen molar-refractivity contribution in [3.8, 4) is 0 Å². The number of halogens is 1. The molecule has 122 valence electrons. The standard InChI is InChI=1S/C16H25ClN4O/c1-4-20-9-5-7-12(20)13-8-6-10-21(13)16(22)14-11(2)18-19(3)15(14)17/h12-13H,4-10H2,1-3H3/t12-,13-/m1/s1. The van der Waals surface area contributed by atoms with E-state index in [2.05, 4.69) is 21.8 Å². The molecule has 1 amide bonds. The molecule has 1 aromatic rings.